The summed E-state index contributed by atoms with van der Waals surface area (Å²) in [6.45, 7) is 19.3. The van der Waals surface area contributed by atoms with E-state index in [0.29, 0.717) is 5.92 Å². The summed E-state index contributed by atoms with van der Waals surface area (Å²) in [5.41, 5.74) is 7.41. The fourth-order valence-electron chi connectivity index (χ4n) is 6.53. The molecule has 6 heteroatoms. The van der Waals surface area contributed by atoms with Crippen molar-refractivity contribution in [3.05, 3.63) is 103 Å². The molecule has 0 fully saturated rings. The number of furan rings is 1. The predicted octanol–water partition coefficient (Wildman–Crippen LogP) is 11.4. The molecule has 50 heavy (non-hydrogen) atoms. The number of hydrogen-bond acceptors (Lipinski definition) is 4. The van der Waals surface area contributed by atoms with Gasteiger partial charge >= 0.3 is 0 Å². The molecule has 0 unspecified atom stereocenters. The average Bonchev–Trinajstić information content (AvgIpc) is 3.47. The number of carbonyl (C=O) groups excluding carboxylic acids is 1. The molecule has 0 spiro atoms. The van der Waals surface area contributed by atoms with Gasteiger partial charge in [0.2, 0.25) is 0 Å². The van der Waals surface area contributed by atoms with Crippen molar-refractivity contribution in [3.8, 4) is 22.5 Å². The normalized spacial score (nSPS) is 12.0. The molecule has 269 valence electrons. The van der Waals surface area contributed by atoms with E-state index in [0.717, 1.165) is 71.0 Å². The largest absolute Gasteiger partial charge is 0.512 e. The van der Waals surface area contributed by atoms with E-state index in [1.165, 1.54) is 22.6 Å². The van der Waals surface area contributed by atoms with Crippen LogP contribution in [0.3, 0.4) is 0 Å². The molecule has 0 aliphatic heterocycles. The molecule has 0 atom stereocenters. The quantitative estimate of drug-likeness (QED) is 0.0622. The number of nitrogens with zero attached hydrogens (tertiary/aromatic N) is 2. The van der Waals surface area contributed by atoms with Crippen molar-refractivity contribution >= 4 is 27.5 Å². The minimum absolute atomic E-state index is 0. The average molecular weight is 852 g/mol. The van der Waals surface area contributed by atoms with E-state index in [2.05, 4.69) is 90.2 Å². The Hall–Kier alpha value is -3.73. The number of aliphatic hydroxyl groups excluding tert-OH is 1. The molecule has 5 rings (SSSR count). The van der Waals surface area contributed by atoms with Gasteiger partial charge in [-0.2, -0.15) is 0 Å². The van der Waals surface area contributed by atoms with Gasteiger partial charge in [0.05, 0.1) is 23.9 Å². The predicted molar refractivity (Wildman–Crippen MR) is 203 cm³/mol. The fourth-order valence-corrected chi connectivity index (χ4v) is 6.53. The molecule has 3 aromatic heterocycles. The molecule has 0 aliphatic carbocycles. The van der Waals surface area contributed by atoms with Crippen LogP contribution in [0.15, 0.2) is 83.4 Å². The van der Waals surface area contributed by atoms with Crippen LogP contribution in [0.5, 0.6) is 0 Å². The van der Waals surface area contributed by atoms with Crippen LogP contribution in [0.2, 0.25) is 0 Å². The Morgan fingerprint density at radius 2 is 1.66 bits per heavy atom. The van der Waals surface area contributed by atoms with E-state index in [1.807, 2.05) is 57.0 Å². The first-order valence-electron chi connectivity index (χ1n) is 17.9. The van der Waals surface area contributed by atoms with Gasteiger partial charge in [-0.25, -0.2) is 0 Å². The van der Waals surface area contributed by atoms with Gasteiger partial charge in [-0.3, -0.25) is 9.78 Å². The van der Waals surface area contributed by atoms with Crippen molar-refractivity contribution in [2.45, 2.75) is 99.8 Å². The first kappa shape index (κ1) is 40.7. The number of allylic oxidation sites excluding steroid dienone is 2. The van der Waals surface area contributed by atoms with Crippen molar-refractivity contribution in [1.82, 2.24) is 4.98 Å². The smallest absolute Gasteiger partial charge is 0.162 e. The van der Waals surface area contributed by atoms with Gasteiger partial charge in [0, 0.05) is 62.2 Å². The van der Waals surface area contributed by atoms with E-state index >= 15 is 0 Å². The topological polar surface area (TPSA) is 67.2 Å². The van der Waals surface area contributed by atoms with Crippen LogP contribution in [-0.2, 0) is 36.7 Å². The number of fused-ring (bicyclic) bond motifs is 2. The molecule has 1 radical (unpaired) electrons. The third kappa shape index (κ3) is 9.53. The maximum atomic E-state index is 11.7. The molecule has 5 nitrogen and oxygen atoms in total. The number of aromatic nitrogens is 2. The Kier molecular flexibility index (Phi) is 14.6. The van der Waals surface area contributed by atoms with Crippen LogP contribution in [0.4, 0.5) is 0 Å². The van der Waals surface area contributed by atoms with Crippen LogP contribution in [-0.4, -0.2) is 15.9 Å². The summed E-state index contributed by atoms with van der Waals surface area (Å²) in [6, 6.07) is 20.6. The number of rotatable bonds is 11. The maximum absolute atomic E-state index is 11.7. The van der Waals surface area contributed by atoms with Crippen LogP contribution in [0.25, 0.3) is 44.3 Å². The van der Waals surface area contributed by atoms with Gasteiger partial charge < -0.3 is 14.1 Å². The summed E-state index contributed by atoms with van der Waals surface area (Å²) in [5.74, 6) is 1.08. The number of carbonyl (C=O) groups is 1. The molecule has 5 aromatic rings. The van der Waals surface area contributed by atoms with E-state index in [1.54, 1.807) is 0 Å². The zero-order chi connectivity index (χ0) is 35.9. The van der Waals surface area contributed by atoms with E-state index in [9.17, 15) is 9.90 Å². The Balaban J connectivity index is 0.000000361. The van der Waals surface area contributed by atoms with Gasteiger partial charge in [0.25, 0.3) is 0 Å². The van der Waals surface area contributed by atoms with Crippen molar-refractivity contribution < 1.29 is 39.0 Å². The van der Waals surface area contributed by atoms with Gasteiger partial charge in [-0.05, 0) is 67.2 Å². The summed E-state index contributed by atoms with van der Waals surface area (Å²) < 4.78 is 7.81. The van der Waals surface area contributed by atoms with Crippen LogP contribution in [0, 0.1) is 30.9 Å². The minimum Gasteiger partial charge on any atom is -0.512 e. The molecule has 2 aromatic carbocycles. The number of hydrogen-bond donors (Lipinski definition) is 1. The maximum Gasteiger partial charge on any atom is 0.162 e. The molecular formula is C44H55IrN2O3-. The minimum atomic E-state index is 0. The van der Waals surface area contributed by atoms with Gasteiger partial charge in [0.1, 0.15) is 11.3 Å². The molecule has 0 saturated heterocycles. The second kappa shape index (κ2) is 18.0. The first-order valence-corrected chi connectivity index (χ1v) is 17.9. The summed E-state index contributed by atoms with van der Waals surface area (Å²) in [4.78, 5) is 16.5. The van der Waals surface area contributed by atoms with Gasteiger partial charge in [0.15, 0.2) is 5.78 Å². The summed E-state index contributed by atoms with van der Waals surface area (Å²) >= 11 is 0. The van der Waals surface area contributed by atoms with Crippen LogP contribution >= 0.6 is 0 Å². The number of pyridine rings is 2. The zero-order valence-corrected chi connectivity index (χ0v) is 33.8. The Morgan fingerprint density at radius 1 is 1.00 bits per heavy atom. The second-order valence-electron chi connectivity index (χ2n) is 14.6. The summed E-state index contributed by atoms with van der Waals surface area (Å²) in [5, 5.41) is 13.2. The van der Waals surface area contributed by atoms with Crippen molar-refractivity contribution in [3.63, 3.8) is 0 Å². The number of aliphatic hydroxyl groups is 1. The van der Waals surface area contributed by atoms with Crippen LogP contribution < -0.4 is 4.57 Å². The Morgan fingerprint density at radius 3 is 2.28 bits per heavy atom. The molecular weight excluding hydrogens is 797 g/mol. The monoisotopic (exact) mass is 852 g/mol. The SMILES string of the molecule is CCC(CC)C(=O)/C=C(\O)C(CC)CC.[CH2-][n+]1ccc(-c2nccc3occ(CC(C)C)c23)cc1-c1[c-]c2ccccc2c(C(C)(C)C)c1.[Ir]. The third-order valence-electron chi connectivity index (χ3n) is 9.44. The molecule has 0 bridgehead atoms. The van der Waals surface area contributed by atoms with Gasteiger partial charge in [-0.15, -0.1) is 29.1 Å². The number of benzene rings is 2. The second-order valence-corrected chi connectivity index (χ2v) is 14.6. The van der Waals surface area contributed by atoms with E-state index in [4.69, 9.17) is 9.40 Å². The van der Waals surface area contributed by atoms with Crippen molar-refractivity contribution in [1.29, 1.82) is 0 Å². The van der Waals surface area contributed by atoms with E-state index in [-0.39, 0.29) is 48.9 Å². The Bertz CT molecular complexity index is 1910. The van der Waals surface area contributed by atoms with E-state index < -0.39 is 0 Å². The molecule has 0 aliphatic rings. The standard InChI is InChI=1S/C31H31N2O.C13H24O2.Ir/c1-20(2)15-24-19-34-28-11-13-32-30(29(24)28)22-12-14-33(6)27(18-22)23-16-21-9-7-8-10-25(21)26(17-23)31(3,4)5;1-5-10(6-2)12(14)9-13(15)11(7-3)8-4;/h7-14,17-20H,6,15H2,1-5H3;9-11,14H,5-8H2,1-4H3;/q-1;;/b;12-9-;. The summed E-state index contributed by atoms with van der Waals surface area (Å²) in [7, 11) is 4.27. The van der Waals surface area contributed by atoms with Crippen LogP contribution in [0.1, 0.15) is 99.1 Å². The molecule has 0 amide bonds. The molecule has 1 N–H and O–H groups in total. The summed E-state index contributed by atoms with van der Waals surface area (Å²) in [6.07, 6.45) is 11.6. The number of ketones is 1. The first-order chi connectivity index (χ1) is 23.3. The van der Waals surface area contributed by atoms with Gasteiger partial charge in [-0.1, -0.05) is 91.5 Å². The zero-order valence-electron chi connectivity index (χ0n) is 31.4. The third-order valence-corrected chi connectivity index (χ3v) is 9.44. The van der Waals surface area contributed by atoms with Crippen molar-refractivity contribution in [2.75, 3.05) is 0 Å². The molecule has 0 saturated carbocycles. The van der Waals surface area contributed by atoms with Crippen molar-refractivity contribution in [2.24, 2.45) is 17.8 Å². The molecule has 3 heterocycles. The Labute approximate surface area is 313 Å². The fraction of sp³-hybridized carbons (Fsp3) is 0.409.